The van der Waals surface area contributed by atoms with Crippen LogP contribution in [0.25, 0.3) is 0 Å². The number of unbranched alkanes of at least 4 members (excludes halogenated alkanes) is 2. The Bertz CT molecular complexity index is 3210. The Hall–Kier alpha value is -7.58. The number of thioether (sulfide) groups is 1. The number of carbonyl (C=O) groups excluding carboxylic acids is 11. The molecule has 2 fully saturated rings. The zero-order chi connectivity index (χ0) is 71.8. The third kappa shape index (κ3) is 24.4. The first-order chi connectivity index (χ1) is 45.8. The third-order valence-electron chi connectivity index (χ3n) is 19.0. The number of thiazole rings is 1. The number of rotatable bonds is 41. The van der Waals surface area contributed by atoms with Gasteiger partial charge in [0.1, 0.15) is 23.1 Å². The van der Waals surface area contributed by atoms with Crippen LogP contribution in [0.3, 0.4) is 0 Å². The zero-order valence-electron chi connectivity index (χ0n) is 58.5. The summed E-state index contributed by atoms with van der Waals surface area (Å²) in [5, 5.41) is 22.5. The van der Waals surface area contributed by atoms with Gasteiger partial charge < -0.3 is 41.2 Å². The molecule has 0 aliphatic carbocycles. The van der Waals surface area contributed by atoms with Crippen molar-refractivity contribution >= 4 is 99.7 Å². The third-order valence-corrected chi connectivity index (χ3v) is 20.9. The number of carbonyl (C=O) groups is 12. The van der Waals surface area contributed by atoms with E-state index in [9.17, 15) is 62.6 Å². The van der Waals surface area contributed by atoms with Gasteiger partial charge in [-0.05, 0) is 125 Å². The first kappa shape index (κ1) is 80.1. The maximum absolute atomic E-state index is 14.5. The number of ether oxygens (including phenoxy) is 2. The molecule has 3 aromatic rings. The van der Waals surface area contributed by atoms with Crippen molar-refractivity contribution < 1.29 is 72.1 Å². The van der Waals surface area contributed by atoms with E-state index in [1.54, 1.807) is 79.0 Å². The van der Waals surface area contributed by atoms with E-state index in [0.717, 1.165) is 30.7 Å². The number of likely N-dealkylation sites (N-methyl/N-ethyl adjacent to an activating group) is 1. The summed E-state index contributed by atoms with van der Waals surface area (Å²) in [5.41, 5.74) is 6.99. The van der Waals surface area contributed by atoms with Gasteiger partial charge in [0, 0.05) is 101 Å². The maximum Gasteiger partial charge on any atom is 0.411 e. The second-order valence-electron chi connectivity index (χ2n) is 27.0. The molecule has 1 aromatic heterocycles. The van der Waals surface area contributed by atoms with Crippen LogP contribution in [0, 0.1) is 35.5 Å². The van der Waals surface area contributed by atoms with Crippen LogP contribution in [-0.2, 0) is 72.1 Å². The monoisotopic (exact) mass is 1390 g/mol. The van der Waals surface area contributed by atoms with Gasteiger partial charge in [0.25, 0.3) is 5.91 Å². The fourth-order valence-corrected chi connectivity index (χ4v) is 13.9. The number of esters is 1. The van der Waals surface area contributed by atoms with Gasteiger partial charge in [-0.15, -0.1) is 11.3 Å². The van der Waals surface area contributed by atoms with E-state index in [1.807, 2.05) is 55.5 Å². The highest BCUT2D eigenvalue weighted by Gasteiger charge is 2.44. The standard InChI is InChI=1S/C71H103N9O15S2/c1-13-44(6)54(37-61(84)71(9)29-18-31-78(71)10)66(88)79(11)57(43(4)5)38-59(95-46(8)81)65-77-56(41-97-65)64(87)74-51(33-45(7)68(90)91)34-47-25-27-50(28-26-47)75-70(93)94-40-49-23-21-48(22-24-49)35-58(83)55(20-17-30-73-69(72)92)76-63(86)53(42(2)3)36-52(82)19-15-14-16-32-80-62(85)39-60(96-12)67(80)89/h21-28,41-45,51,53-55,57,59-60H,13-20,29-40H2,1-12H3,(H,74,87)(H,75,93)(H,76,86)(H,90,91)(H3,72,73,92)/t44-,45-,51+,53-,54-,55-,57+,59+,60?,71+/m0/s1. The number of likely N-dealkylation sites (tertiary alicyclic amines) is 2. The molecule has 0 saturated carbocycles. The lowest BCUT2D eigenvalue weighted by Crippen LogP contribution is -2.50. The summed E-state index contributed by atoms with van der Waals surface area (Å²) in [6, 6.07) is 10.8. The van der Waals surface area contributed by atoms with E-state index in [4.69, 9.17) is 15.2 Å². The Morgan fingerprint density at radius 3 is 2.12 bits per heavy atom. The minimum atomic E-state index is -1.05. The molecule has 0 radical (unpaired) electrons. The van der Waals surface area contributed by atoms with Crippen LogP contribution >= 0.6 is 23.1 Å². The van der Waals surface area contributed by atoms with Crippen molar-refractivity contribution in [3.63, 3.8) is 0 Å². The quantitative estimate of drug-likeness (QED) is 0.0175. The number of carboxylic acid groups (broad SMARTS) is 1. The molecule has 2 aromatic carbocycles. The Labute approximate surface area is 579 Å². The van der Waals surface area contributed by atoms with Crippen LogP contribution in [0.15, 0.2) is 53.9 Å². The van der Waals surface area contributed by atoms with Crippen molar-refractivity contribution in [2.45, 2.75) is 207 Å². The van der Waals surface area contributed by atoms with Crippen molar-refractivity contribution in [1.29, 1.82) is 0 Å². The molecule has 5 rings (SSSR count). The van der Waals surface area contributed by atoms with E-state index in [-0.39, 0.29) is 135 Å². The molecule has 8 amide bonds. The van der Waals surface area contributed by atoms with E-state index in [1.165, 1.54) is 23.6 Å². The Morgan fingerprint density at radius 2 is 1.54 bits per heavy atom. The second kappa shape index (κ2) is 38.5. The highest BCUT2D eigenvalue weighted by molar-refractivity contribution is 8.00. The highest BCUT2D eigenvalue weighted by Crippen LogP contribution is 2.36. The molecular formula is C71H103N9O15S2. The van der Waals surface area contributed by atoms with Gasteiger partial charge in [-0.3, -0.25) is 63.1 Å². The number of anilines is 1. The molecule has 0 bridgehead atoms. The number of nitrogens with one attached hydrogen (secondary N) is 4. The number of aliphatic carboxylic acids is 1. The van der Waals surface area contributed by atoms with Gasteiger partial charge in [0.15, 0.2) is 17.7 Å². The number of Topliss-reactive ketones (excluding diaryl/α,β-unsaturated/α-hetero) is 3. The average Bonchev–Trinajstić information content (AvgIpc) is 1.62. The molecule has 7 N–H and O–H groups in total. The van der Waals surface area contributed by atoms with E-state index >= 15 is 0 Å². The number of nitrogens with two attached hydrogens (primary N) is 1. The van der Waals surface area contributed by atoms with E-state index < -0.39 is 83.4 Å². The minimum Gasteiger partial charge on any atom is -0.481 e. The van der Waals surface area contributed by atoms with Gasteiger partial charge in [0.05, 0.1) is 22.7 Å². The topological polar surface area (TPSA) is 340 Å². The zero-order valence-corrected chi connectivity index (χ0v) is 60.2. The number of carboxylic acids is 1. The van der Waals surface area contributed by atoms with Crippen molar-refractivity contribution in [1.82, 2.24) is 35.6 Å². The number of benzene rings is 2. The van der Waals surface area contributed by atoms with Crippen molar-refractivity contribution in [3.8, 4) is 0 Å². The molecule has 24 nitrogen and oxygen atoms in total. The Morgan fingerprint density at radius 1 is 0.866 bits per heavy atom. The van der Waals surface area contributed by atoms with Crippen molar-refractivity contribution in [2.24, 2.45) is 41.2 Å². The van der Waals surface area contributed by atoms with Crippen LogP contribution in [0.5, 0.6) is 0 Å². The first-order valence-corrected chi connectivity index (χ1v) is 36.1. The number of primary amides is 1. The van der Waals surface area contributed by atoms with Gasteiger partial charge in [0.2, 0.25) is 23.6 Å². The highest BCUT2D eigenvalue weighted by atomic mass is 32.2. The van der Waals surface area contributed by atoms with Gasteiger partial charge >= 0.3 is 24.1 Å². The Balaban J connectivity index is 1.15. The number of hydrogen-bond donors (Lipinski definition) is 6. The molecule has 1 unspecified atom stereocenters. The molecule has 534 valence electrons. The number of nitrogens with zero attached hydrogens (tertiary/aromatic N) is 4. The van der Waals surface area contributed by atoms with Crippen molar-refractivity contribution in [2.75, 3.05) is 45.3 Å². The summed E-state index contributed by atoms with van der Waals surface area (Å²) in [4.78, 5) is 167. The maximum atomic E-state index is 14.5. The molecule has 3 heterocycles. The molecule has 2 aliphatic heterocycles. The first-order valence-electron chi connectivity index (χ1n) is 33.9. The number of imide groups is 1. The smallest absolute Gasteiger partial charge is 0.411 e. The summed E-state index contributed by atoms with van der Waals surface area (Å²) in [6.45, 7) is 17.5. The number of aromatic nitrogens is 1. The van der Waals surface area contributed by atoms with E-state index in [2.05, 4.69) is 31.2 Å². The molecule has 26 heteroatoms. The fourth-order valence-electron chi connectivity index (χ4n) is 12.4. The molecule has 10 atom stereocenters. The second-order valence-corrected chi connectivity index (χ2v) is 28.9. The van der Waals surface area contributed by atoms with Gasteiger partial charge in [-0.1, -0.05) is 97.7 Å². The molecule has 0 spiro atoms. The van der Waals surface area contributed by atoms with Crippen LogP contribution < -0.4 is 27.0 Å². The SMILES string of the molecule is CC[C@H](C)[C@H](CC(=O)[C@@]1(C)CCCN1C)C(=O)N(C)[C@H](C[C@@H](OC(C)=O)c1nc(C(=O)N[C@@H](Cc2ccc(NC(=O)OCc3ccc(CC(=O)[C@H](CCCNC(N)=O)NC(=O)[C@@H](CC(=O)CCCCCN4C(=O)CC(SC)C4=O)C(C)C)cc3)cc2)C[C@H](C)C(=O)O)cs1)C(C)C. The normalized spacial score (nSPS) is 18.1. The van der Waals surface area contributed by atoms with Gasteiger partial charge in [-0.2, -0.15) is 11.8 Å². The fraction of sp³-hybridized carbons (Fsp3) is 0.620. The number of hydrogen-bond acceptors (Lipinski definition) is 18. The van der Waals surface area contributed by atoms with Crippen molar-refractivity contribution in [3.05, 3.63) is 81.3 Å². The lowest BCUT2D eigenvalue weighted by molar-refractivity contribution is -0.150. The summed E-state index contributed by atoms with van der Waals surface area (Å²) >= 11 is 2.48. The van der Waals surface area contributed by atoms with Crippen LogP contribution in [0.2, 0.25) is 0 Å². The van der Waals surface area contributed by atoms with Crippen LogP contribution in [0.1, 0.15) is 190 Å². The Kier molecular flexibility index (Phi) is 31.8. The van der Waals surface area contributed by atoms with Crippen LogP contribution in [0.4, 0.5) is 15.3 Å². The van der Waals surface area contributed by atoms with Gasteiger partial charge in [-0.25, -0.2) is 14.6 Å². The largest absolute Gasteiger partial charge is 0.481 e. The summed E-state index contributed by atoms with van der Waals surface area (Å²) < 4.78 is 11.4. The summed E-state index contributed by atoms with van der Waals surface area (Å²) in [5.74, 6) is -6.07. The molecule has 2 saturated heterocycles. The lowest BCUT2D eigenvalue weighted by atomic mass is 9.80. The number of ketones is 3. The number of amides is 8. The summed E-state index contributed by atoms with van der Waals surface area (Å²) in [7, 11) is 3.67. The number of urea groups is 1. The minimum absolute atomic E-state index is 0.0274. The van der Waals surface area contributed by atoms with Crippen LogP contribution in [-0.4, -0.2) is 165 Å². The lowest BCUT2D eigenvalue weighted by Gasteiger charge is -2.38. The predicted molar refractivity (Wildman–Crippen MR) is 371 cm³/mol. The predicted octanol–water partition coefficient (Wildman–Crippen LogP) is 9.25. The molecular weight excluding hydrogens is 1280 g/mol. The van der Waals surface area contributed by atoms with E-state index in [0.29, 0.717) is 66.0 Å². The molecule has 2 aliphatic rings. The molecule has 97 heavy (non-hydrogen) atoms. The average molecular weight is 1390 g/mol. The summed E-state index contributed by atoms with van der Waals surface area (Å²) in [6.07, 6.45) is 5.57.